The second-order valence-electron chi connectivity index (χ2n) is 4.37. The van der Waals surface area contributed by atoms with Crippen LogP contribution in [0.2, 0.25) is 0 Å². The Kier molecular flexibility index (Phi) is 5.56. The minimum Gasteiger partial charge on any atom is -0.488 e. The number of aromatic carboxylic acids is 1. The van der Waals surface area contributed by atoms with Gasteiger partial charge in [0.05, 0.1) is 20.3 Å². The molecular formula is C16H16N2O6. The summed E-state index contributed by atoms with van der Waals surface area (Å²) in [7, 11) is 2.86. The van der Waals surface area contributed by atoms with Gasteiger partial charge >= 0.3 is 12.0 Å². The fraction of sp³-hybridized carbons (Fsp3) is 0.188. The van der Waals surface area contributed by atoms with Gasteiger partial charge in [-0.3, -0.25) is 0 Å². The number of carboxylic acids is 1. The second kappa shape index (κ2) is 7.82. The van der Waals surface area contributed by atoms with Crippen molar-refractivity contribution in [2.24, 2.45) is 0 Å². The van der Waals surface area contributed by atoms with E-state index in [0.717, 1.165) is 0 Å². The number of rotatable bonds is 8. The van der Waals surface area contributed by atoms with Crippen LogP contribution in [0, 0.1) is 0 Å². The highest BCUT2D eigenvalue weighted by atomic mass is 16.5. The number of carboxylic acid groups (broad SMARTS) is 1. The molecule has 1 N–H and O–H groups in total. The molecular weight excluding hydrogens is 316 g/mol. The first-order valence-corrected chi connectivity index (χ1v) is 6.84. The van der Waals surface area contributed by atoms with Gasteiger partial charge in [-0.1, -0.05) is 18.7 Å². The standard InChI is InChI=1S/C16H16N2O6/c1-4-8-23-10-6-5-7-11(14(10)15(19)20)24-16-17-12(21-2)9-13(18-16)22-3/h4-7,9H,1,8H2,2-3H3,(H,19,20). The van der Waals surface area contributed by atoms with Crippen molar-refractivity contribution in [3.63, 3.8) is 0 Å². The van der Waals surface area contributed by atoms with Crippen LogP contribution in [0.3, 0.4) is 0 Å². The van der Waals surface area contributed by atoms with Gasteiger partial charge in [0.2, 0.25) is 11.8 Å². The van der Waals surface area contributed by atoms with E-state index in [2.05, 4.69) is 16.5 Å². The van der Waals surface area contributed by atoms with Crippen LogP contribution < -0.4 is 18.9 Å². The maximum Gasteiger partial charge on any atom is 0.343 e. The lowest BCUT2D eigenvalue weighted by Crippen LogP contribution is -2.06. The highest BCUT2D eigenvalue weighted by Gasteiger charge is 2.20. The van der Waals surface area contributed by atoms with E-state index in [1.165, 1.54) is 38.5 Å². The Morgan fingerprint density at radius 3 is 2.38 bits per heavy atom. The van der Waals surface area contributed by atoms with Gasteiger partial charge in [-0.05, 0) is 12.1 Å². The van der Waals surface area contributed by atoms with Crippen LogP contribution in [0.5, 0.6) is 29.3 Å². The quantitative estimate of drug-likeness (QED) is 0.736. The number of hydrogen-bond donors (Lipinski definition) is 1. The van der Waals surface area contributed by atoms with Crippen molar-refractivity contribution in [2.75, 3.05) is 20.8 Å². The molecule has 0 amide bonds. The molecule has 24 heavy (non-hydrogen) atoms. The summed E-state index contributed by atoms with van der Waals surface area (Å²) in [6.45, 7) is 3.69. The molecule has 0 saturated heterocycles. The minimum atomic E-state index is -1.21. The van der Waals surface area contributed by atoms with Crippen molar-refractivity contribution >= 4 is 5.97 Å². The normalized spacial score (nSPS) is 9.92. The Morgan fingerprint density at radius 2 is 1.83 bits per heavy atom. The average Bonchev–Trinajstić information content (AvgIpc) is 2.59. The van der Waals surface area contributed by atoms with Crippen molar-refractivity contribution in [2.45, 2.75) is 0 Å². The molecule has 1 heterocycles. The van der Waals surface area contributed by atoms with Gasteiger partial charge in [0.1, 0.15) is 23.7 Å². The lowest BCUT2D eigenvalue weighted by atomic mass is 10.2. The lowest BCUT2D eigenvalue weighted by Gasteiger charge is -2.12. The number of nitrogens with zero attached hydrogens (tertiary/aromatic N) is 2. The van der Waals surface area contributed by atoms with Crippen LogP contribution in [0.25, 0.3) is 0 Å². The molecule has 0 aliphatic heterocycles. The van der Waals surface area contributed by atoms with Crippen LogP contribution in [-0.2, 0) is 0 Å². The predicted molar refractivity (Wildman–Crippen MR) is 84.3 cm³/mol. The van der Waals surface area contributed by atoms with Gasteiger partial charge in [0, 0.05) is 0 Å². The molecule has 8 nitrogen and oxygen atoms in total. The Hall–Kier alpha value is -3.29. The SMILES string of the molecule is C=CCOc1cccc(Oc2nc(OC)cc(OC)n2)c1C(=O)O. The topological polar surface area (TPSA) is 100 Å². The van der Waals surface area contributed by atoms with Crippen LogP contribution >= 0.6 is 0 Å². The average molecular weight is 332 g/mol. The molecule has 0 spiro atoms. The van der Waals surface area contributed by atoms with Crippen molar-refractivity contribution in [1.29, 1.82) is 0 Å². The summed E-state index contributed by atoms with van der Waals surface area (Å²) in [4.78, 5) is 19.6. The molecule has 1 aromatic heterocycles. The van der Waals surface area contributed by atoms with Crippen LogP contribution in [0.4, 0.5) is 0 Å². The Balaban J connectivity index is 2.42. The predicted octanol–water partition coefficient (Wildman–Crippen LogP) is 2.55. The second-order valence-corrected chi connectivity index (χ2v) is 4.37. The summed E-state index contributed by atoms with van der Waals surface area (Å²) in [5, 5.41) is 9.45. The van der Waals surface area contributed by atoms with E-state index >= 15 is 0 Å². The lowest BCUT2D eigenvalue weighted by molar-refractivity contribution is 0.0689. The summed E-state index contributed by atoms with van der Waals surface area (Å²) in [5.74, 6) is -0.603. The number of benzene rings is 1. The van der Waals surface area contributed by atoms with Gasteiger partial charge in [0.25, 0.3) is 0 Å². The summed E-state index contributed by atoms with van der Waals surface area (Å²) in [6, 6.07) is 5.94. The molecule has 1 aromatic carbocycles. The third-order valence-electron chi connectivity index (χ3n) is 2.84. The summed E-state index contributed by atoms with van der Waals surface area (Å²) in [6.07, 6.45) is 1.51. The van der Waals surface area contributed by atoms with E-state index in [9.17, 15) is 9.90 Å². The van der Waals surface area contributed by atoms with E-state index in [-0.39, 0.29) is 41.4 Å². The molecule has 0 fully saturated rings. The van der Waals surface area contributed by atoms with Crippen LogP contribution in [-0.4, -0.2) is 41.9 Å². The highest BCUT2D eigenvalue weighted by molar-refractivity contribution is 5.94. The first kappa shape index (κ1) is 17.1. The molecule has 0 aliphatic rings. The number of hydrogen-bond acceptors (Lipinski definition) is 7. The first-order chi connectivity index (χ1) is 11.6. The third-order valence-corrected chi connectivity index (χ3v) is 2.84. The van der Waals surface area contributed by atoms with Gasteiger partial charge in [-0.15, -0.1) is 0 Å². The van der Waals surface area contributed by atoms with E-state index < -0.39 is 5.97 Å². The van der Waals surface area contributed by atoms with E-state index in [0.29, 0.717) is 0 Å². The van der Waals surface area contributed by atoms with Crippen LogP contribution in [0.1, 0.15) is 10.4 Å². The van der Waals surface area contributed by atoms with Gasteiger partial charge in [-0.25, -0.2) is 4.79 Å². The van der Waals surface area contributed by atoms with E-state index in [1.54, 1.807) is 6.07 Å². The molecule has 0 radical (unpaired) electrons. The number of aromatic nitrogens is 2. The Bertz CT molecular complexity index is 725. The largest absolute Gasteiger partial charge is 0.488 e. The molecule has 126 valence electrons. The summed E-state index contributed by atoms with van der Waals surface area (Å²) in [5.41, 5.74) is -0.148. The smallest absolute Gasteiger partial charge is 0.343 e. The summed E-state index contributed by atoms with van der Waals surface area (Å²) >= 11 is 0. The molecule has 0 unspecified atom stereocenters. The molecule has 8 heteroatoms. The first-order valence-electron chi connectivity index (χ1n) is 6.84. The molecule has 0 saturated carbocycles. The molecule has 2 aromatic rings. The molecule has 0 atom stereocenters. The molecule has 0 bridgehead atoms. The van der Waals surface area contributed by atoms with Gasteiger partial charge < -0.3 is 24.1 Å². The fourth-order valence-electron chi connectivity index (χ4n) is 1.81. The van der Waals surface area contributed by atoms with Crippen LogP contribution in [0.15, 0.2) is 36.9 Å². The zero-order valence-electron chi connectivity index (χ0n) is 13.2. The Morgan fingerprint density at radius 1 is 1.21 bits per heavy atom. The molecule has 0 aliphatic carbocycles. The van der Waals surface area contributed by atoms with Gasteiger partial charge in [0.15, 0.2) is 0 Å². The maximum atomic E-state index is 11.6. The minimum absolute atomic E-state index is 0.0272. The number of carbonyl (C=O) groups is 1. The van der Waals surface area contributed by atoms with Gasteiger partial charge in [-0.2, -0.15) is 9.97 Å². The van der Waals surface area contributed by atoms with Crippen molar-refractivity contribution in [1.82, 2.24) is 9.97 Å². The monoisotopic (exact) mass is 332 g/mol. The highest BCUT2D eigenvalue weighted by Crippen LogP contribution is 2.32. The fourth-order valence-corrected chi connectivity index (χ4v) is 1.81. The third kappa shape index (κ3) is 3.92. The summed E-state index contributed by atoms with van der Waals surface area (Å²) < 4.78 is 20.9. The zero-order valence-corrected chi connectivity index (χ0v) is 13.2. The van der Waals surface area contributed by atoms with Crippen molar-refractivity contribution in [3.05, 3.63) is 42.5 Å². The van der Waals surface area contributed by atoms with E-state index in [4.69, 9.17) is 18.9 Å². The molecule has 2 rings (SSSR count). The van der Waals surface area contributed by atoms with Crippen molar-refractivity contribution < 1.29 is 28.8 Å². The van der Waals surface area contributed by atoms with E-state index in [1.807, 2.05) is 0 Å². The Labute approximate surface area is 138 Å². The zero-order chi connectivity index (χ0) is 17.5. The van der Waals surface area contributed by atoms with Crippen molar-refractivity contribution in [3.8, 4) is 29.3 Å². The maximum absolute atomic E-state index is 11.6. The number of ether oxygens (including phenoxy) is 4. The number of methoxy groups -OCH3 is 2.